The third-order valence-corrected chi connectivity index (χ3v) is 8.00. The molecule has 0 saturated carbocycles. The summed E-state index contributed by atoms with van der Waals surface area (Å²) in [4.78, 5) is 33.9. The first-order valence-corrected chi connectivity index (χ1v) is 13.8. The van der Waals surface area contributed by atoms with Crippen LogP contribution in [-0.2, 0) is 6.54 Å². The second-order valence-electron chi connectivity index (χ2n) is 9.30. The number of thiophene rings is 1. The van der Waals surface area contributed by atoms with Gasteiger partial charge in [0.25, 0.3) is 0 Å². The molecule has 11 heteroatoms. The van der Waals surface area contributed by atoms with Crippen LogP contribution in [0.15, 0.2) is 79.3 Å². The molecule has 1 N–H and O–H groups in total. The van der Waals surface area contributed by atoms with Crippen LogP contribution in [0.25, 0.3) is 20.7 Å². The minimum atomic E-state index is -0.659. The molecule has 0 bridgehead atoms. The summed E-state index contributed by atoms with van der Waals surface area (Å²) in [5.74, 6) is 0.354. The standard InChI is InChI=1S/C30H26FN5O4S/c1-3-34-13-11-19(18-34)27-17-22-28(41-27)26(10-12-32-22)40-24-9-8-20(16-21(24)31)33-29(37)36-15-14-35(30(36)38)23-6-4-5-7-25(23)39-2/h4-13,16-18H,3,14-15H2,1-2H3,(H,33,37). The summed E-state index contributed by atoms with van der Waals surface area (Å²) in [7, 11) is 1.52. The van der Waals surface area contributed by atoms with Crippen molar-refractivity contribution in [3.63, 3.8) is 0 Å². The molecule has 5 aromatic rings. The van der Waals surface area contributed by atoms with Gasteiger partial charge in [-0.25, -0.2) is 18.9 Å². The van der Waals surface area contributed by atoms with Crippen molar-refractivity contribution in [3.05, 3.63) is 85.1 Å². The Morgan fingerprint density at radius 1 is 1.07 bits per heavy atom. The summed E-state index contributed by atoms with van der Waals surface area (Å²) in [6, 6.07) is 15.8. The van der Waals surface area contributed by atoms with Crippen LogP contribution >= 0.6 is 11.3 Å². The number of para-hydroxylation sites is 2. The van der Waals surface area contributed by atoms with E-state index >= 15 is 4.39 Å². The Hall–Kier alpha value is -4.90. The van der Waals surface area contributed by atoms with E-state index in [-0.39, 0.29) is 18.0 Å². The van der Waals surface area contributed by atoms with Crippen molar-refractivity contribution < 1.29 is 23.5 Å². The van der Waals surface area contributed by atoms with Crippen molar-refractivity contribution in [2.45, 2.75) is 13.5 Å². The number of aryl methyl sites for hydroxylation is 1. The Bertz CT molecular complexity index is 1770. The van der Waals surface area contributed by atoms with E-state index in [2.05, 4.69) is 28.0 Å². The van der Waals surface area contributed by atoms with Gasteiger partial charge in [0, 0.05) is 59.9 Å². The van der Waals surface area contributed by atoms with Crippen molar-refractivity contribution in [2.24, 2.45) is 0 Å². The second-order valence-corrected chi connectivity index (χ2v) is 10.4. The van der Waals surface area contributed by atoms with Crippen LogP contribution in [0.1, 0.15) is 6.92 Å². The number of aromatic nitrogens is 2. The molecular weight excluding hydrogens is 545 g/mol. The number of fused-ring (bicyclic) bond motifs is 1. The molecule has 9 nitrogen and oxygen atoms in total. The molecule has 4 amide bonds. The quantitative estimate of drug-likeness (QED) is 0.223. The monoisotopic (exact) mass is 571 g/mol. The van der Waals surface area contributed by atoms with Crippen LogP contribution in [0.2, 0.25) is 0 Å². The average molecular weight is 572 g/mol. The number of benzene rings is 2. The van der Waals surface area contributed by atoms with Crippen molar-refractivity contribution in [2.75, 3.05) is 30.4 Å². The van der Waals surface area contributed by atoms with E-state index in [9.17, 15) is 9.59 Å². The van der Waals surface area contributed by atoms with Gasteiger partial charge in [-0.15, -0.1) is 11.3 Å². The summed E-state index contributed by atoms with van der Waals surface area (Å²) in [5.41, 5.74) is 2.61. The number of carbonyl (C=O) groups excluding carboxylic acids is 2. The predicted octanol–water partition coefficient (Wildman–Crippen LogP) is 7.20. The number of anilines is 2. The maximum atomic E-state index is 15.1. The van der Waals surface area contributed by atoms with Crippen molar-refractivity contribution >= 4 is 45.0 Å². The fourth-order valence-corrected chi connectivity index (χ4v) is 5.75. The van der Waals surface area contributed by atoms with Gasteiger partial charge in [-0.05, 0) is 43.3 Å². The summed E-state index contributed by atoms with van der Waals surface area (Å²) >= 11 is 1.52. The summed E-state index contributed by atoms with van der Waals surface area (Å²) in [6.07, 6.45) is 5.72. The Balaban J connectivity index is 1.16. The number of pyridine rings is 1. The molecule has 0 aliphatic carbocycles. The van der Waals surface area contributed by atoms with E-state index in [0.29, 0.717) is 23.7 Å². The lowest BCUT2D eigenvalue weighted by atomic mass is 10.2. The van der Waals surface area contributed by atoms with Gasteiger partial charge in [0.05, 0.1) is 29.6 Å². The highest BCUT2D eigenvalue weighted by Crippen LogP contribution is 2.40. The number of hydrogen-bond acceptors (Lipinski definition) is 6. The molecule has 1 saturated heterocycles. The summed E-state index contributed by atoms with van der Waals surface area (Å²) < 4.78 is 29.3. The van der Waals surface area contributed by atoms with E-state index in [1.165, 1.54) is 35.5 Å². The number of carbonyl (C=O) groups is 2. The molecule has 1 aliphatic heterocycles. The zero-order chi connectivity index (χ0) is 28.5. The Morgan fingerprint density at radius 2 is 1.93 bits per heavy atom. The minimum Gasteiger partial charge on any atom is -0.495 e. The zero-order valence-corrected chi connectivity index (χ0v) is 23.2. The Morgan fingerprint density at radius 3 is 2.71 bits per heavy atom. The molecule has 208 valence electrons. The predicted molar refractivity (Wildman–Crippen MR) is 157 cm³/mol. The maximum Gasteiger partial charge on any atom is 0.332 e. The van der Waals surface area contributed by atoms with E-state index in [0.717, 1.165) is 38.2 Å². The van der Waals surface area contributed by atoms with Crippen LogP contribution in [0.4, 0.5) is 25.4 Å². The molecule has 2 aromatic carbocycles. The summed E-state index contributed by atoms with van der Waals surface area (Å²) in [6.45, 7) is 3.44. The van der Waals surface area contributed by atoms with Gasteiger partial charge in [0.1, 0.15) is 11.5 Å². The molecule has 1 aliphatic rings. The number of urea groups is 2. The van der Waals surface area contributed by atoms with Gasteiger partial charge in [-0.1, -0.05) is 12.1 Å². The molecule has 6 rings (SSSR count). The van der Waals surface area contributed by atoms with Crippen LogP contribution in [0, 0.1) is 5.82 Å². The number of amides is 4. The van der Waals surface area contributed by atoms with E-state index < -0.39 is 17.9 Å². The largest absolute Gasteiger partial charge is 0.495 e. The Labute approximate surface area is 239 Å². The first-order valence-electron chi connectivity index (χ1n) is 13.0. The molecule has 1 fully saturated rings. The molecular formula is C30H26FN5O4S. The van der Waals surface area contributed by atoms with Crippen molar-refractivity contribution in [1.29, 1.82) is 0 Å². The van der Waals surface area contributed by atoms with Crippen molar-refractivity contribution in [3.8, 4) is 27.7 Å². The molecule has 0 unspecified atom stereocenters. The Kier molecular flexibility index (Phi) is 7.02. The lowest BCUT2D eigenvalue weighted by molar-refractivity contribution is 0.209. The van der Waals surface area contributed by atoms with Crippen LogP contribution in [0.3, 0.4) is 0 Å². The number of nitrogens with one attached hydrogen (secondary N) is 1. The van der Waals surface area contributed by atoms with Gasteiger partial charge in [0.2, 0.25) is 0 Å². The smallest absolute Gasteiger partial charge is 0.332 e. The number of methoxy groups -OCH3 is 1. The topological polar surface area (TPSA) is 88.9 Å². The molecule has 41 heavy (non-hydrogen) atoms. The third-order valence-electron chi connectivity index (χ3n) is 6.81. The van der Waals surface area contributed by atoms with Crippen LogP contribution in [0.5, 0.6) is 17.2 Å². The maximum absolute atomic E-state index is 15.1. The molecule has 3 aromatic heterocycles. The van der Waals surface area contributed by atoms with Gasteiger partial charge in [0.15, 0.2) is 11.6 Å². The van der Waals surface area contributed by atoms with Gasteiger partial charge in [-0.2, -0.15) is 0 Å². The lowest BCUT2D eigenvalue weighted by Gasteiger charge is -2.20. The van der Waals surface area contributed by atoms with Gasteiger partial charge in [-0.3, -0.25) is 9.88 Å². The first kappa shape index (κ1) is 26.3. The van der Waals surface area contributed by atoms with E-state index in [1.54, 1.807) is 36.5 Å². The normalized spacial score (nSPS) is 13.2. The molecule has 0 radical (unpaired) electrons. The minimum absolute atomic E-state index is 0.00202. The van der Waals surface area contributed by atoms with Crippen molar-refractivity contribution in [1.82, 2.24) is 14.5 Å². The fraction of sp³-hybridized carbons (Fsp3) is 0.167. The molecule has 4 heterocycles. The van der Waals surface area contributed by atoms with Crippen LogP contribution < -0.4 is 19.7 Å². The zero-order valence-electron chi connectivity index (χ0n) is 22.3. The van der Waals surface area contributed by atoms with Crippen LogP contribution in [-0.4, -0.2) is 46.7 Å². The highest BCUT2D eigenvalue weighted by molar-refractivity contribution is 7.22. The van der Waals surface area contributed by atoms with Gasteiger partial charge >= 0.3 is 12.1 Å². The summed E-state index contributed by atoms with van der Waals surface area (Å²) in [5, 5.41) is 2.61. The fourth-order valence-electron chi connectivity index (χ4n) is 4.69. The van der Waals surface area contributed by atoms with E-state index in [4.69, 9.17) is 9.47 Å². The van der Waals surface area contributed by atoms with E-state index in [1.807, 2.05) is 18.3 Å². The number of nitrogens with zero attached hydrogens (tertiary/aromatic N) is 4. The van der Waals surface area contributed by atoms with Gasteiger partial charge < -0.3 is 19.4 Å². The second kappa shape index (κ2) is 10.9. The number of halogens is 1. The number of rotatable bonds is 7. The third kappa shape index (κ3) is 5.07. The SMILES string of the molecule is CCn1ccc(-c2cc3nccc(Oc4ccc(NC(=O)N5CCN(c6ccccc6OC)C5=O)cc4F)c3s2)c1. The molecule has 0 atom stereocenters. The highest BCUT2D eigenvalue weighted by Gasteiger charge is 2.35. The highest BCUT2D eigenvalue weighted by atomic mass is 32.1. The average Bonchev–Trinajstić information content (AvgIpc) is 3.73. The lowest BCUT2D eigenvalue weighted by Crippen LogP contribution is -2.39. The number of imide groups is 1. The first-order chi connectivity index (χ1) is 19.9. The molecule has 0 spiro atoms. The number of hydrogen-bond donors (Lipinski definition) is 1. The number of ether oxygens (including phenoxy) is 2.